The normalized spacial score (nSPS) is 13.9. The molecule has 32 heavy (non-hydrogen) atoms. The van der Waals surface area contributed by atoms with E-state index in [2.05, 4.69) is 20.2 Å². The lowest BCUT2D eigenvalue weighted by molar-refractivity contribution is -0.131. The molecule has 174 valence electrons. The van der Waals surface area contributed by atoms with Crippen LogP contribution in [0, 0.1) is 0 Å². The summed E-state index contributed by atoms with van der Waals surface area (Å²) in [7, 11) is 5.40. The molecule has 0 radical (unpaired) electrons. The number of benzene rings is 1. The highest BCUT2D eigenvalue weighted by atomic mass is 127. The Bertz CT molecular complexity index is 872. The monoisotopic (exact) mass is 552 g/mol. The van der Waals surface area contributed by atoms with Gasteiger partial charge in [0.05, 0.1) is 7.11 Å². The van der Waals surface area contributed by atoms with Gasteiger partial charge in [0.25, 0.3) is 0 Å². The van der Waals surface area contributed by atoms with E-state index in [1.807, 2.05) is 59.3 Å². The van der Waals surface area contributed by atoms with Gasteiger partial charge in [-0.25, -0.2) is 4.98 Å². The van der Waals surface area contributed by atoms with E-state index in [-0.39, 0.29) is 29.9 Å². The van der Waals surface area contributed by atoms with Crippen molar-refractivity contribution in [1.29, 1.82) is 0 Å². The van der Waals surface area contributed by atoms with Gasteiger partial charge >= 0.3 is 0 Å². The Balaban J connectivity index is 0.00000363. The molecule has 0 bridgehead atoms. The minimum absolute atomic E-state index is 0. The molecule has 1 fully saturated rings. The number of carbonyl (C=O) groups is 1. The molecule has 1 N–H and O–H groups in total. The number of hydrogen-bond donors (Lipinski definition) is 1. The molecule has 2 heterocycles. The first kappa shape index (κ1) is 25.7. The van der Waals surface area contributed by atoms with E-state index in [0.717, 1.165) is 49.3 Å². The summed E-state index contributed by atoms with van der Waals surface area (Å²) in [5.41, 5.74) is 1.08. The molecule has 3 rings (SSSR count). The number of ether oxygens (including phenoxy) is 1. The van der Waals surface area contributed by atoms with Gasteiger partial charge in [-0.3, -0.25) is 9.79 Å². The maximum Gasteiger partial charge on any atom is 0.224 e. The van der Waals surface area contributed by atoms with Crippen LogP contribution in [0.1, 0.15) is 12.0 Å². The van der Waals surface area contributed by atoms with Crippen LogP contribution in [0.2, 0.25) is 0 Å². The number of carbonyl (C=O) groups excluding carboxylic acids is 1. The molecular formula is C23H33IN6O2. The van der Waals surface area contributed by atoms with Crippen LogP contribution in [-0.2, 0) is 11.3 Å². The van der Waals surface area contributed by atoms with E-state index in [4.69, 9.17) is 4.74 Å². The highest BCUT2D eigenvalue weighted by molar-refractivity contribution is 14.0. The third-order valence-electron chi connectivity index (χ3n) is 5.40. The van der Waals surface area contributed by atoms with Crippen molar-refractivity contribution in [1.82, 2.24) is 20.1 Å². The highest BCUT2D eigenvalue weighted by Gasteiger charge is 2.21. The third-order valence-corrected chi connectivity index (χ3v) is 5.40. The largest absolute Gasteiger partial charge is 0.496 e. The zero-order chi connectivity index (χ0) is 22.1. The maximum atomic E-state index is 12.6. The lowest BCUT2D eigenvalue weighted by Crippen LogP contribution is -2.49. The van der Waals surface area contributed by atoms with Crippen molar-refractivity contribution in [3.05, 3.63) is 54.2 Å². The molecular weight excluding hydrogens is 519 g/mol. The van der Waals surface area contributed by atoms with Gasteiger partial charge in [-0.2, -0.15) is 0 Å². The first-order valence-electron chi connectivity index (χ1n) is 10.6. The van der Waals surface area contributed by atoms with E-state index < -0.39 is 0 Å². The number of guanidine groups is 1. The number of anilines is 1. The summed E-state index contributed by atoms with van der Waals surface area (Å²) >= 11 is 0. The summed E-state index contributed by atoms with van der Waals surface area (Å²) in [6, 6.07) is 13.9. The molecule has 1 aliphatic rings. The third kappa shape index (κ3) is 6.98. The average Bonchev–Trinajstić information content (AvgIpc) is 2.82. The molecule has 0 aliphatic carbocycles. The predicted octanol–water partition coefficient (Wildman–Crippen LogP) is 2.45. The smallest absolute Gasteiger partial charge is 0.224 e. The van der Waals surface area contributed by atoms with Crippen LogP contribution in [0.4, 0.5) is 5.82 Å². The van der Waals surface area contributed by atoms with Crippen LogP contribution in [0.3, 0.4) is 0 Å². The fourth-order valence-corrected chi connectivity index (χ4v) is 3.71. The fourth-order valence-electron chi connectivity index (χ4n) is 3.71. The van der Waals surface area contributed by atoms with Gasteiger partial charge in [-0.15, -0.1) is 24.0 Å². The van der Waals surface area contributed by atoms with Crippen molar-refractivity contribution in [3.8, 4) is 5.75 Å². The van der Waals surface area contributed by atoms with Crippen molar-refractivity contribution in [3.63, 3.8) is 0 Å². The molecule has 1 amide bonds. The second-order valence-electron chi connectivity index (χ2n) is 7.45. The molecule has 0 spiro atoms. The minimum Gasteiger partial charge on any atom is -0.496 e. The zero-order valence-electron chi connectivity index (χ0n) is 19.0. The molecule has 9 heteroatoms. The number of nitrogens with zero attached hydrogens (tertiary/aromatic N) is 5. The van der Waals surface area contributed by atoms with E-state index in [0.29, 0.717) is 19.5 Å². The molecule has 1 aliphatic heterocycles. The van der Waals surface area contributed by atoms with Crippen LogP contribution < -0.4 is 15.0 Å². The number of amides is 1. The lowest BCUT2D eigenvalue weighted by atomic mass is 10.2. The number of aliphatic imine (C=N–C) groups is 1. The summed E-state index contributed by atoms with van der Waals surface area (Å²) in [4.78, 5) is 27.6. The standard InChI is InChI=1S/C23H32N6O2.HI/c1-24-23(27(2)18-19-8-4-5-9-20(19)31-3)26-13-11-22(30)29-16-14-28(15-17-29)21-10-6-7-12-25-21;/h4-10,12H,11,13-18H2,1-3H3,(H,24,26);1H. The van der Waals surface area contributed by atoms with Crippen molar-refractivity contribution in [2.75, 3.05) is 58.8 Å². The number of piperazine rings is 1. The molecule has 1 saturated heterocycles. The number of methoxy groups -OCH3 is 1. The Kier molecular flexibility index (Phi) is 10.5. The molecule has 0 unspecified atom stereocenters. The van der Waals surface area contributed by atoms with Crippen molar-refractivity contribution < 1.29 is 9.53 Å². The van der Waals surface area contributed by atoms with Gasteiger partial charge < -0.3 is 24.8 Å². The molecule has 0 atom stereocenters. The summed E-state index contributed by atoms with van der Waals surface area (Å²) in [5.74, 6) is 2.73. The van der Waals surface area contributed by atoms with Gasteiger partial charge in [0, 0.05) is 71.5 Å². The Morgan fingerprint density at radius 3 is 2.53 bits per heavy atom. The topological polar surface area (TPSA) is 73.3 Å². The number of aromatic nitrogens is 1. The SMILES string of the molecule is CN=C(NCCC(=O)N1CCN(c2ccccn2)CC1)N(C)Cc1ccccc1OC.I. The van der Waals surface area contributed by atoms with Gasteiger partial charge in [-0.05, 0) is 18.2 Å². The molecule has 1 aromatic carbocycles. The van der Waals surface area contributed by atoms with Crippen molar-refractivity contribution in [2.24, 2.45) is 4.99 Å². The Labute approximate surface area is 207 Å². The van der Waals surface area contributed by atoms with Crippen LogP contribution in [-0.4, -0.2) is 80.6 Å². The second kappa shape index (κ2) is 13.1. The highest BCUT2D eigenvalue weighted by Crippen LogP contribution is 2.18. The number of pyridine rings is 1. The first-order valence-corrected chi connectivity index (χ1v) is 10.6. The Hall–Kier alpha value is -2.56. The number of para-hydroxylation sites is 1. The minimum atomic E-state index is 0. The number of hydrogen-bond acceptors (Lipinski definition) is 5. The zero-order valence-corrected chi connectivity index (χ0v) is 21.4. The second-order valence-corrected chi connectivity index (χ2v) is 7.45. The summed E-state index contributed by atoms with van der Waals surface area (Å²) in [5, 5.41) is 3.30. The quantitative estimate of drug-likeness (QED) is 0.324. The summed E-state index contributed by atoms with van der Waals surface area (Å²) in [6.07, 6.45) is 2.24. The van der Waals surface area contributed by atoms with Crippen molar-refractivity contribution >= 4 is 41.7 Å². The number of nitrogens with one attached hydrogen (secondary N) is 1. The lowest BCUT2D eigenvalue weighted by Gasteiger charge is -2.35. The van der Waals surface area contributed by atoms with Crippen LogP contribution >= 0.6 is 24.0 Å². The predicted molar refractivity (Wildman–Crippen MR) is 139 cm³/mol. The number of rotatable bonds is 7. The average molecular weight is 552 g/mol. The molecule has 8 nitrogen and oxygen atoms in total. The fraction of sp³-hybridized carbons (Fsp3) is 0.435. The van der Waals surface area contributed by atoms with Crippen LogP contribution in [0.15, 0.2) is 53.7 Å². The van der Waals surface area contributed by atoms with E-state index in [9.17, 15) is 4.79 Å². The van der Waals surface area contributed by atoms with Gasteiger partial charge in [0.1, 0.15) is 11.6 Å². The van der Waals surface area contributed by atoms with Crippen LogP contribution in [0.25, 0.3) is 0 Å². The number of halogens is 1. The van der Waals surface area contributed by atoms with Crippen molar-refractivity contribution in [2.45, 2.75) is 13.0 Å². The van der Waals surface area contributed by atoms with Gasteiger partial charge in [-0.1, -0.05) is 24.3 Å². The Morgan fingerprint density at radius 2 is 1.88 bits per heavy atom. The maximum absolute atomic E-state index is 12.6. The Morgan fingerprint density at radius 1 is 1.16 bits per heavy atom. The van der Waals surface area contributed by atoms with E-state index in [1.165, 1.54) is 0 Å². The van der Waals surface area contributed by atoms with E-state index >= 15 is 0 Å². The molecule has 1 aromatic heterocycles. The first-order chi connectivity index (χ1) is 15.1. The van der Waals surface area contributed by atoms with Gasteiger partial charge in [0.15, 0.2) is 5.96 Å². The summed E-state index contributed by atoms with van der Waals surface area (Å²) < 4.78 is 5.43. The van der Waals surface area contributed by atoms with Crippen LogP contribution in [0.5, 0.6) is 5.75 Å². The van der Waals surface area contributed by atoms with Gasteiger partial charge in [0.2, 0.25) is 5.91 Å². The molecule has 0 saturated carbocycles. The summed E-state index contributed by atoms with van der Waals surface area (Å²) in [6.45, 7) is 4.25. The van der Waals surface area contributed by atoms with E-state index in [1.54, 1.807) is 20.4 Å². The molecule has 2 aromatic rings.